The van der Waals surface area contributed by atoms with Crippen molar-refractivity contribution in [3.05, 3.63) is 29.6 Å². The molecule has 0 saturated carbocycles. The van der Waals surface area contributed by atoms with Crippen LogP contribution in [-0.4, -0.2) is 6.04 Å². The largest absolute Gasteiger partial charge is 0.442 e. The molecule has 2 N–H and O–H groups in total. The molecule has 1 aromatic heterocycles. The summed E-state index contributed by atoms with van der Waals surface area (Å²) < 4.78 is 5.88. The van der Waals surface area contributed by atoms with Crippen LogP contribution in [-0.2, 0) is 0 Å². The fraction of sp³-hybridized carbons (Fsp3) is 0.231. The quantitative estimate of drug-likeness (QED) is 0.827. The minimum Gasteiger partial charge on any atom is -0.442 e. The van der Waals surface area contributed by atoms with Crippen molar-refractivity contribution in [3.63, 3.8) is 0 Å². The number of hydrogen-bond acceptors (Lipinski definition) is 4. The maximum absolute atomic E-state index is 6.04. The van der Waals surface area contributed by atoms with Crippen molar-refractivity contribution in [2.24, 2.45) is 0 Å². The number of anilines is 3. The van der Waals surface area contributed by atoms with Gasteiger partial charge in [0.15, 0.2) is 5.75 Å². The molecule has 0 amide bonds. The Labute approximate surface area is 104 Å². The lowest BCUT2D eigenvalue weighted by molar-refractivity contribution is 0.483. The Morgan fingerprint density at radius 3 is 2.82 bits per heavy atom. The first-order chi connectivity index (χ1) is 8.18. The van der Waals surface area contributed by atoms with Gasteiger partial charge in [-0.15, -0.1) is 11.3 Å². The summed E-state index contributed by atoms with van der Waals surface area (Å²) in [6.07, 6.45) is 0. The number of nitrogens with two attached hydrogens (primary N) is 1. The average Bonchev–Trinajstić information content (AvgIpc) is 2.67. The Morgan fingerprint density at radius 1 is 1.29 bits per heavy atom. The molecule has 88 valence electrons. The molecular formula is C13H14N2OS. The van der Waals surface area contributed by atoms with E-state index in [0.29, 0.717) is 6.04 Å². The first kappa shape index (κ1) is 10.5. The van der Waals surface area contributed by atoms with Crippen LogP contribution in [0, 0.1) is 0 Å². The van der Waals surface area contributed by atoms with E-state index in [0.717, 1.165) is 27.9 Å². The van der Waals surface area contributed by atoms with Crippen molar-refractivity contribution in [2.75, 3.05) is 10.6 Å². The SMILES string of the molecule is CC(C)N1c2ccccc2Oc2scc(N)c21. The van der Waals surface area contributed by atoms with Crippen LogP contribution in [0.2, 0.25) is 0 Å². The molecule has 2 heterocycles. The van der Waals surface area contributed by atoms with Gasteiger partial charge < -0.3 is 15.4 Å². The van der Waals surface area contributed by atoms with Crippen LogP contribution >= 0.6 is 11.3 Å². The lowest BCUT2D eigenvalue weighted by Gasteiger charge is -2.34. The summed E-state index contributed by atoms with van der Waals surface area (Å²) in [5, 5.41) is 2.82. The van der Waals surface area contributed by atoms with E-state index in [9.17, 15) is 0 Å². The van der Waals surface area contributed by atoms with Gasteiger partial charge in [-0.2, -0.15) is 0 Å². The first-order valence-electron chi connectivity index (χ1n) is 5.61. The molecule has 0 unspecified atom stereocenters. The maximum atomic E-state index is 6.04. The summed E-state index contributed by atoms with van der Waals surface area (Å²) in [6.45, 7) is 4.31. The van der Waals surface area contributed by atoms with E-state index in [1.54, 1.807) is 11.3 Å². The van der Waals surface area contributed by atoms with E-state index >= 15 is 0 Å². The van der Waals surface area contributed by atoms with Crippen LogP contribution in [0.4, 0.5) is 17.1 Å². The zero-order chi connectivity index (χ0) is 12.0. The molecule has 1 aliphatic rings. The van der Waals surface area contributed by atoms with Crippen molar-refractivity contribution < 1.29 is 4.74 Å². The number of thiophene rings is 1. The lowest BCUT2D eigenvalue weighted by atomic mass is 10.1. The van der Waals surface area contributed by atoms with Gasteiger partial charge in [-0.05, 0) is 26.0 Å². The van der Waals surface area contributed by atoms with Crippen LogP contribution in [0.3, 0.4) is 0 Å². The van der Waals surface area contributed by atoms with Crippen molar-refractivity contribution in [1.29, 1.82) is 0 Å². The van der Waals surface area contributed by atoms with Gasteiger partial charge in [0.05, 0.1) is 11.4 Å². The van der Waals surface area contributed by atoms with Gasteiger partial charge in [0.1, 0.15) is 5.69 Å². The molecule has 2 aromatic rings. The molecule has 0 radical (unpaired) electrons. The molecule has 1 aliphatic heterocycles. The maximum Gasteiger partial charge on any atom is 0.207 e. The van der Waals surface area contributed by atoms with Gasteiger partial charge in [-0.3, -0.25) is 0 Å². The third kappa shape index (κ3) is 1.48. The van der Waals surface area contributed by atoms with Crippen molar-refractivity contribution in [1.82, 2.24) is 0 Å². The number of rotatable bonds is 1. The molecule has 3 rings (SSSR count). The second-order valence-corrected chi connectivity index (χ2v) is 5.20. The molecule has 1 aromatic carbocycles. The topological polar surface area (TPSA) is 38.5 Å². The van der Waals surface area contributed by atoms with E-state index < -0.39 is 0 Å². The second-order valence-electron chi connectivity index (χ2n) is 4.36. The molecule has 0 saturated heterocycles. The minimum atomic E-state index is 0.343. The van der Waals surface area contributed by atoms with E-state index in [-0.39, 0.29) is 0 Å². The van der Waals surface area contributed by atoms with Gasteiger partial charge in [0.25, 0.3) is 0 Å². The highest BCUT2D eigenvalue weighted by Crippen LogP contribution is 2.53. The van der Waals surface area contributed by atoms with Crippen molar-refractivity contribution in [3.8, 4) is 10.8 Å². The number of para-hydroxylation sites is 2. The summed E-state index contributed by atoms with van der Waals surface area (Å²) in [7, 11) is 0. The zero-order valence-corrected chi connectivity index (χ0v) is 10.6. The summed E-state index contributed by atoms with van der Waals surface area (Å²) in [6, 6.07) is 8.40. The van der Waals surface area contributed by atoms with Gasteiger partial charge in [0, 0.05) is 11.4 Å². The smallest absolute Gasteiger partial charge is 0.207 e. The molecule has 4 heteroatoms. The highest BCUT2D eigenvalue weighted by Gasteiger charge is 2.29. The standard InChI is InChI=1S/C13H14N2OS/c1-8(2)15-10-5-3-4-6-11(10)16-13-12(15)9(14)7-17-13/h3-8H,14H2,1-2H3. The number of benzene rings is 1. The van der Waals surface area contributed by atoms with Gasteiger partial charge >= 0.3 is 0 Å². The fourth-order valence-corrected chi connectivity index (χ4v) is 2.97. The Kier molecular flexibility index (Phi) is 2.26. The zero-order valence-electron chi connectivity index (χ0n) is 9.81. The van der Waals surface area contributed by atoms with Gasteiger partial charge in [0.2, 0.25) is 5.06 Å². The van der Waals surface area contributed by atoms with Gasteiger partial charge in [-0.1, -0.05) is 12.1 Å². The molecule has 0 spiro atoms. The summed E-state index contributed by atoms with van der Waals surface area (Å²) in [5.74, 6) is 0.899. The number of nitrogens with zero attached hydrogens (tertiary/aromatic N) is 1. The van der Waals surface area contributed by atoms with E-state index in [1.165, 1.54) is 0 Å². The Morgan fingerprint density at radius 2 is 2.06 bits per heavy atom. The van der Waals surface area contributed by atoms with Crippen molar-refractivity contribution in [2.45, 2.75) is 19.9 Å². The number of hydrogen-bond donors (Lipinski definition) is 1. The van der Waals surface area contributed by atoms with Crippen LogP contribution < -0.4 is 15.4 Å². The van der Waals surface area contributed by atoms with Gasteiger partial charge in [-0.25, -0.2) is 0 Å². The Hall–Kier alpha value is -1.68. The van der Waals surface area contributed by atoms with E-state index in [1.807, 2.05) is 23.6 Å². The van der Waals surface area contributed by atoms with Crippen LogP contribution in [0.5, 0.6) is 10.8 Å². The van der Waals surface area contributed by atoms with E-state index in [4.69, 9.17) is 10.5 Å². The van der Waals surface area contributed by atoms with Crippen molar-refractivity contribution >= 4 is 28.4 Å². The summed E-state index contributed by atoms with van der Waals surface area (Å²) in [4.78, 5) is 2.24. The second kappa shape index (κ2) is 3.67. The predicted molar refractivity (Wildman–Crippen MR) is 72.5 cm³/mol. The molecule has 0 fully saturated rings. The molecule has 0 atom stereocenters. The normalized spacial score (nSPS) is 13.2. The van der Waals surface area contributed by atoms with E-state index in [2.05, 4.69) is 24.8 Å². The average molecular weight is 246 g/mol. The van der Waals surface area contributed by atoms with Crippen LogP contribution in [0.15, 0.2) is 29.6 Å². The third-order valence-corrected chi connectivity index (χ3v) is 3.71. The summed E-state index contributed by atoms with van der Waals surface area (Å²) in [5.41, 5.74) is 8.91. The first-order valence-corrected chi connectivity index (χ1v) is 6.49. The highest BCUT2D eigenvalue weighted by molar-refractivity contribution is 7.13. The highest BCUT2D eigenvalue weighted by atomic mass is 32.1. The third-order valence-electron chi connectivity index (χ3n) is 2.84. The number of fused-ring (bicyclic) bond motifs is 2. The minimum absolute atomic E-state index is 0.343. The fourth-order valence-electron chi connectivity index (χ4n) is 2.16. The number of ether oxygens (including phenoxy) is 1. The summed E-state index contributed by atoms with van der Waals surface area (Å²) >= 11 is 1.55. The predicted octanol–water partition coefficient (Wildman–Crippen LogP) is 3.98. The molecular weight excluding hydrogens is 232 g/mol. The number of nitrogen functional groups attached to an aromatic ring is 1. The Balaban J connectivity index is 2.22. The Bertz CT molecular complexity index is 562. The lowest BCUT2D eigenvalue weighted by Crippen LogP contribution is -2.28. The molecule has 0 bridgehead atoms. The van der Waals surface area contributed by atoms with Crippen LogP contribution in [0.25, 0.3) is 0 Å². The molecule has 3 nitrogen and oxygen atoms in total. The molecule has 0 aliphatic carbocycles. The molecule has 17 heavy (non-hydrogen) atoms. The monoisotopic (exact) mass is 246 g/mol. The van der Waals surface area contributed by atoms with Crippen LogP contribution in [0.1, 0.15) is 13.8 Å².